The van der Waals surface area contributed by atoms with Crippen molar-refractivity contribution in [3.8, 4) is 5.75 Å². The van der Waals surface area contributed by atoms with E-state index in [2.05, 4.69) is 15.9 Å². The van der Waals surface area contributed by atoms with Crippen molar-refractivity contribution in [1.29, 1.82) is 0 Å². The summed E-state index contributed by atoms with van der Waals surface area (Å²) in [7, 11) is 1.57. The second-order valence-electron chi connectivity index (χ2n) is 5.64. The Labute approximate surface area is 159 Å². The largest absolute Gasteiger partial charge is 0.496 e. The molecule has 2 amide bonds. The van der Waals surface area contributed by atoms with Gasteiger partial charge in [-0.2, -0.15) is 0 Å². The van der Waals surface area contributed by atoms with E-state index >= 15 is 0 Å². The number of benzene rings is 2. The highest BCUT2D eigenvalue weighted by atomic mass is 79.9. The van der Waals surface area contributed by atoms with Crippen LogP contribution in [0.3, 0.4) is 0 Å². The van der Waals surface area contributed by atoms with Gasteiger partial charge in [-0.25, -0.2) is 0 Å². The Kier molecular flexibility index (Phi) is 5.30. The molecule has 25 heavy (non-hydrogen) atoms. The van der Waals surface area contributed by atoms with E-state index < -0.39 is 0 Å². The van der Waals surface area contributed by atoms with Gasteiger partial charge < -0.3 is 4.74 Å². The summed E-state index contributed by atoms with van der Waals surface area (Å²) in [4.78, 5) is 26.6. The number of amides is 2. The van der Waals surface area contributed by atoms with Gasteiger partial charge in [-0.3, -0.25) is 14.5 Å². The van der Waals surface area contributed by atoms with Crippen molar-refractivity contribution in [3.05, 3.63) is 68.5 Å². The van der Waals surface area contributed by atoms with Crippen molar-refractivity contribution < 1.29 is 14.3 Å². The van der Waals surface area contributed by atoms with Crippen LogP contribution in [-0.4, -0.2) is 23.2 Å². The number of aryl methyl sites for hydroxylation is 1. The summed E-state index contributed by atoms with van der Waals surface area (Å²) < 4.78 is 6.20. The third-order valence-electron chi connectivity index (χ3n) is 3.81. The van der Waals surface area contributed by atoms with Gasteiger partial charge in [-0.05, 0) is 48.5 Å². The Morgan fingerprint density at radius 2 is 1.88 bits per heavy atom. The molecule has 1 aliphatic heterocycles. The average molecular weight is 418 g/mol. The van der Waals surface area contributed by atoms with Crippen LogP contribution < -0.4 is 4.74 Å². The van der Waals surface area contributed by atoms with Crippen LogP contribution in [0.4, 0.5) is 4.79 Å². The highest BCUT2D eigenvalue weighted by Crippen LogP contribution is 2.35. The first-order chi connectivity index (χ1) is 12.0. The predicted octanol–water partition coefficient (Wildman–Crippen LogP) is 5.00. The monoisotopic (exact) mass is 417 g/mol. The van der Waals surface area contributed by atoms with Gasteiger partial charge in [-0.1, -0.05) is 45.8 Å². The molecule has 6 heteroatoms. The van der Waals surface area contributed by atoms with Gasteiger partial charge in [0.1, 0.15) is 5.75 Å². The summed E-state index contributed by atoms with van der Waals surface area (Å²) in [5.74, 6) is 0.367. The van der Waals surface area contributed by atoms with Gasteiger partial charge in [0.05, 0.1) is 18.6 Å². The number of rotatable bonds is 4. The lowest BCUT2D eigenvalue weighted by Gasteiger charge is -2.12. The molecule has 1 saturated heterocycles. The molecular weight excluding hydrogens is 402 g/mol. The molecule has 2 aromatic rings. The van der Waals surface area contributed by atoms with Crippen LogP contribution in [0.5, 0.6) is 5.75 Å². The van der Waals surface area contributed by atoms with Crippen LogP contribution in [-0.2, 0) is 11.3 Å². The number of imide groups is 1. The fourth-order valence-corrected chi connectivity index (χ4v) is 3.68. The van der Waals surface area contributed by atoms with Crippen LogP contribution in [0.1, 0.15) is 16.7 Å². The zero-order chi connectivity index (χ0) is 18.0. The second kappa shape index (κ2) is 7.45. The van der Waals surface area contributed by atoms with Crippen LogP contribution >= 0.6 is 27.7 Å². The van der Waals surface area contributed by atoms with Crippen molar-refractivity contribution in [2.75, 3.05) is 7.11 Å². The number of ether oxygens (including phenoxy) is 1. The Hall–Kier alpha value is -2.05. The Bertz CT molecular complexity index is 861. The maximum absolute atomic E-state index is 12.6. The first-order valence-electron chi connectivity index (χ1n) is 7.62. The lowest BCUT2D eigenvalue weighted by molar-refractivity contribution is -0.123. The maximum atomic E-state index is 12.6. The van der Waals surface area contributed by atoms with Crippen molar-refractivity contribution in [3.63, 3.8) is 0 Å². The lowest BCUT2D eigenvalue weighted by atomic mass is 10.1. The van der Waals surface area contributed by atoms with Gasteiger partial charge in [-0.15, -0.1) is 0 Å². The number of carbonyl (C=O) groups excluding carboxylic acids is 2. The Balaban J connectivity index is 1.86. The van der Waals surface area contributed by atoms with Crippen LogP contribution in [0, 0.1) is 6.92 Å². The van der Waals surface area contributed by atoms with E-state index in [9.17, 15) is 9.59 Å². The first kappa shape index (κ1) is 17.8. The fourth-order valence-electron chi connectivity index (χ4n) is 2.47. The van der Waals surface area contributed by atoms with E-state index in [0.29, 0.717) is 10.7 Å². The molecule has 1 fully saturated rings. The number of nitrogens with zero attached hydrogens (tertiary/aromatic N) is 1. The molecule has 0 saturated carbocycles. The van der Waals surface area contributed by atoms with Crippen molar-refractivity contribution in [2.24, 2.45) is 0 Å². The van der Waals surface area contributed by atoms with E-state index in [1.54, 1.807) is 13.2 Å². The van der Waals surface area contributed by atoms with Crippen molar-refractivity contribution in [1.82, 2.24) is 4.90 Å². The van der Waals surface area contributed by atoms with E-state index in [1.807, 2.05) is 49.4 Å². The van der Waals surface area contributed by atoms with Gasteiger partial charge in [0.15, 0.2) is 0 Å². The molecule has 128 valence electrons. The van der Waals surface area contributed by atoms with E-state index in [-0.39, 0.29) is 17.7 Å². The van der Waals surface area contributed by atoms with E-state index in [0.717, 1.165) is 32.9 Å². The van der Waals surface area contributed by atoms with Gasteiger partial charge in [0.25, 0.3) is 11.1 Å². The van der Waals surface area contributed by atoms with Gasteiger partial charge in [0.2, 0.25) is 0 Å². The number of hydrogen-bond acceptors (Lipinski definition) is 4. The maximum Gasteiger partial charge on any atom is 0.293 e. The highest BCUT2D eigenvalue weighted by Gasteiger charge is 2.35. The molecule has 0 bridgehead atoms. The van der Waals surface area contributed by atoms with Crippen LogP contribution in [0.15, 0.2) is 51.8 Å². The van der Waals surface area contributed by atoms with E-state index in [1.165, 1.54) is 4.90 Å². The summed E-state index contributed by atoms with van der Waals surface area (Å²) in [5, 5.41) is -0.259. The number of methoxy groups -OCH3 is 1. The van der Waals surface area contributed by atoms with Gasteiger partial charge in [0, 0.05) is 10.0 Å². The topological polar surface area (TPSA) is 46.6 Å². The molecule has 0 unspecified atom stereocenters. The minimum atomic E-state index is -0.280. The molecule has 0 atom stereocenters. The molecule has 0 N–H and O–H groups in total. The SMILES string of the molecule is COc1ccc(Br)cc1/C=C1\SC(=O)N(Cc2ccc(C)cc2)C1=O. The molecule has 0 aromatic heterocycles. The molecule has 2 aromatic carbocycles. The smallest absolute Gasteiger partial charge is 0.293 e. The summed E-state index contributed by atoms with van der Waals surface area (Å²) in [5.41, 5.74) is 2.81. The first-order valence-corrected chi connectivity index (χ1v) is 9.23. The third-order valence-corrected chi connectivity index (χ3v) is 5.21. The number of carbonyl (C=O) groups is 2. The zero-order valence-electron chi connectivity index (χ0n) is 13.8. The summed E-state index contributed by atoms with van der Waals surface area (Å²) in [6.07, 6.45) is 1.70. The molecule has 1 aliphatic rings. The number of hydrogen-bond donors (Lipinski definition) is 0. The second-order valence-corrected chi connectivity index (χ2v) is 7.55. The minimum absolute atomic E-state index is 0.259. The summed E-state index contributed by atoms with van der Waals surface area (Å²) in [6, 6.07) is 13.3. The standard InChI is InChI=1S/C19H16BrNO3S/c1-12-3-5-13(6-4-12)11-21-18(22)17(25-19(21)23)10-14-9-15(20)7-8-16(14)24-2/h3-10H,11H2,1-2H3/b17-10-. The van der Waals surface area contributed by atoms with Gasteiger partial charge >= 0.3 is 0 Å². The molecule has 3 rings (SSSR count). The quantitative estimate of drug-likeness (QED) is 0.656. The van der Waals surface area contributed by atoms with Crippen molar-refractivity contribution in [2.45, 2.75) is 13.5 Å². The molecule has 0 spiro atoms. The molecule has 0 aliphatic carbocycles. The fraction of sp³-hybridized carbons (Fsp3) is 0.158. The number of thioether (sulfide) groups is 1. The normalized spacial score (nSPS) is 16.0. The molecule has 0 radical (unpaired) electrons. The average Bonchev–Trinajstić information content (AvgIpc) is 2.84. The van der Waals surface area contributed by atoms with Crippen LogP contribution in [0.2, 0.25) is 0 Å². The lowest BCUT2D eigenvalue weighted by Crippen LogP contribution is -2.27. The highest BCUT2D eigenvalue weighted by molar-refractivity contribution is 9.10. The minimum Gasteiger partial charge on any atom is -0.496 e. The molecule has 4 nitrogen and oxygen atoms in total. The Morgan fingerprint density at radius 1 is 1.16 bits per heavy atom. The predicted molar refractivity (Wildman–Crippen MR) is 103 cm³/mol. The summed E-state index contributed by atoms with van der Waals surface area (Å²) >= 11 is 4.36. The zero-order valence-corrected chi connectivity index (χ0v) is 16.2. The molecular formula is C19H16BrNO3S. The summed E-state index contributed by atoms with van der Waals surface area (Å²) in [6.45, 7) is 2.27. The molecule has 1 heterocycles. The third kappa shape index (κ3) is 3.96. The number of halogens is 1. The van der Waals surface area contributed by atoms with E-state index in [4.69, 9.17) is 4.74 Å². The van der Waals surface area contributed by atoms with Crippen molar-refractivity contribution >= 4 is 44.9 Å². The van der Waals surface area contributed by atoms with Crippen LogP contribution in [0.25, 0.3) is 6.08 Å². The Morgan fingerprint density at radius 3 is 2.56 bits per heavy atom.